The average Bonchev–Trinajstić information content (AvgIpc) is 2.34. The quantitative estimate of drug-likeness (QED) is 0.626. The van der Waals surface area contributed by atoms with Gasteiger partial charge in [0.05, 0.1) is 0 Å². The van der Waals surface area contributed by atoms with Gasteiger partial charge in [0.2, 0.25) is 0 Å². The van der Waals surface area contributed by atoms with Crippen molar-refractivity contribution in [2.75, 3.05) is 0 Å². The molecule has 0 heterocycles. The van der Waals surface area contributed by atoms with Crippen LogP contribution in [0, 0.1) is 11.5 Å². The summed E-state index contributed by atoms with van der Waals surface area (Å²) in [6.07, 6.45) is 3.39. The number of hydrogen-bond acceptors (Lipinski definition) is 2. The van der Waals surface area contributed by atoms with Crippen molar-refractivity contribution in [3.05, 3.63) is 36.4 Å². The molecule has 1 aromatic carbocycles. The Balaban J connectivity index is -0.000000218. The summed E-state index contributed by atoms with van der Waals surface area (Å²) in [7, 11) is 0. The van der Waals surface area contributed by atoms with Crippen LogP contribution in [0.25, 0.3) is 0 Å². The molecule has 99 valence electrons. The Kier molecular flexibility index (Phi) is 21.1. The van der Waals surface area contributed by atoms with Crippen LogP contribution >= 0.6 is 0 Å². The molecule has 0 saturated heterocycles. The maximum atomic E-state index is 9.97. The molecule has 0 aliphatic rings. The van der Waals surface area contributed by atoms with E-state index in [0.29, 0.717) is 12.8 Å². The van der Waals surface area contributed by atoms with E-state index in [-0.39, 0.29) is 38.1 Å². The number of aldehydes is 1. The molecule has 0 bridgehead atoms. The summed E-state index contributed by atoms with van der Waals surface area (Å²) in [4.78, 5) is 19.8. The van der Waals surface area contributed by atoms with E-state index in [1.54, 1.807) is 6.29 Å². The van der Waals surface area contributed by atoms with Crippen molar-refractivity contribution in [1.29, 1.82) is 0 Å². The van der Waals surface area contributed by atoms with Crippen molar-refractivity contribution in [1.82, 2.24) is 0 Å². The van der Waals surface area contributed by atoms with E-state index in [1.165, 1.54) is 0 Å². The summed E-state index contributed by atoms with van der Waals surface area (Å²) in [6, 6.07) is 12.5. The summed E-state index contributed by atoms with van der Waals surface area (Å²) in [5.41, 5.74) is -0.191. The maximum Gasteiger partial charge on any atom is 0.120 e. The van der Waals surface area contributed by atoms with E-state index in [2.05, 4.69) is 6.07 Å². The van der Waals surface area contributed by atoms with Crippen molar-refractivity contribution in [2.24, 2.45) is 5.41 Å². The fraction of sp³-hybridized carbons (Fsp3) is 0.467. The fourth-order valence-electron chi connectivity index (χ4n) is 0.835. The summed E-state index contributed by atoms with van der Waals surface area (Å²) in [5.74, 6) is 0. The van der Waals surface area contributed by atoms with Gasteiger partial charge in [0.25, 0.3) is 0 Å². The van der Waals surface area contributed by atoms with Crippen LogP contribution in [0.5, 0.6) is 0 Å². The van der Waals surface area contributed by atoms with Gasteiger partial charge >= 0.3 is 0 Å². The zero-order valence-electron chi connectivity index (χ0n) is 11.8. The largest absolute Gasteiger partial charge is 0.542 e. The molecule has 1 rings (SSSR count). The minimum Gasteiger partial charge on any atom is -0.542 e. The molecule has 0 unspecified atom stereocenters. The van der Waals surface area contributed by atoms with Gasteiger partial charge in [-0.15, -0.1) is 6.42 Å². The molecular weight excluding hydrogens is 301 g/mol. The SMILES string of the molecule is CC.CC(C)(C[C-]=O)CC=O.[Y].[c-]1ccccc1. The summed E-state index contributed by atoms with van der Waals surface area (Å²) in [6.45, 7) is 7.73. The van der Waals surface area contributed by atoms with Gasteiger partial charge in [0, 0.05) is 39.1 Å². The van der Waals surface area contributed by atoms with Crippen LogP contribution in [0.2, 0.25) is 0 Å². The second kappa shape index (κ2) is 16.7. The van der Waals surface area contributed by atoms with Gasteiger partial charge in [-0.3, -0.25) is 6.29 Å². The van der Waals surface area contributed by atoms with Gasteiger partial charge in [-0.05, 0) is 0 Å². The molecule has 0 saturated carbocycles. The minimum absolute atomic E-state index is 0. The molecule has 0 N–H and O–H groups in total. The molecule has 0 atom stereocenters. The molecule has 0 fully saturated rings. The van der Waals surface area contributed by atoms with Crippen molar-refractivity contribution in [3.63, 3.8) is 0 Å². The van der Waals surface area contributed by atoms with E-state index in [0.717, 1.165) is 6.29 Å². The third-order valence-corrected chi connectivity index (χ3v) is 1.79. The number of carbonyl (C=O) groups is 1. The van der Waals surface area contributed by atoms with Gasteiger partial charge in [0.15, 0.2) is 0 Å². The summed E-state index contributed by atoms with van der Waals surface area (Å²) >= 11 is 0. The zero-order valence-corrected chi connectivity index (χ0v) is 14.6. The Bertz CT molecular complexity index is 232. The van der Waals surface area contributed by atoms with Crippen LogP contribution in [0.15, 0.2) is 30.3 Å². The first-order chi connectivity index (χ1) is 8.12. The summed E-state index contributed by atoms with van der Waals surface area (Å²) in [5, 5.41) is 0. The van der Waals surface area contributed by atoms with Crippen LogP contribution in [0.1, 0.15) is 40.5 Å². The first kappa shape index (κ1) is 22.8. The van der Waals surface area contributed by atoms with E-state index in [4.69, 9.17) is 0 Å². The average molecular weight is 323 g/mol. The van der Waals surface area contributed by atoms with Gasteiger partial charge < -0.3 is 9.59 Å². The van der Waals surface area contributed by atoms with Crippen molar-refractivity contribution >= 4 is 12.6 Å². The Morgan fingerprint density at radius 1 is 1.17 bits per heavy atom. The van der Waals surface area contributed by atoms with E-state index < -0.39 is 0 Å². The first-order valence-electron chi connectivity index (χ1n) is 5.82. The molecule has 2 nitrogen and oxygen atoms in total. The Hall–Kier alpha value is -0.336. The predicted molar refractivity (Wildman–Crippen MR) is 71.4 cm³/mol. The van der Waals surface area contributed by atoms with Crippen molar-refractivity contribution < 1.29 is 42.3 Å². The topological polar surface area (TPSA) is 34.1 Å². The smallest absolute Gasteiger partial charge is 0.120 e. The van der Waals surface area contributed by atoms with Crippen LogP contribution in [-0.4, -0.2) is 12.6 Å². The third-order valence-electron chi connectivity index (χ3n) is 1.79. The molecule has 0 aliphatic heterocycles. The molecule has 0 amide bonds. The van der Waals surface area contributed by atoms with E-state index in [9.17, 15) is 9.59 Å². The molecular formula is C15H22O2Y-2. The predicted octanol–water partition coefficient (Wildman–Crippen LogP) is 3.61. The number of carbonyl (C=O) groups excluding carboxylic acids is 2. The maximum absolute atomic E-state index is 9.97. The first-order valence-corrected chi connectivity index (χ1v) is 5.82. The van der Waals surface area contributed by atoms with E-state index >= 15 is 0 Å². The second-order valence-corrected chi connectivity index (χ2v) is 3.93. The fourth-order valence-corrected chi connectivity index (χ4v) is 0.835. The molecule has 0 aromatic heterocycles. The van der Waals surface area contributed by atoms with Crippen LogP contribution in [0.4, 0.5) is 0 Å². The second-order valence-electron chi connectivity index (χ2n) is 3.93. The number of rotatable bonds is 4. The molecule has 18 heavy (non-hydrogen) atoms. The van der Waals surface area contributed by atoms with Gasteiger partial charge in [-0.1, -0.05) is 33.1 Å². The molecule has 0 spiro atoms. The Labute approximate surface area is 136 Å². The Morgan fingerprint density at radius 3 is 1.89 bits per heavy atom. The molecule has 3 heteroatoms. The third kappa shape index (κ3) is 18.0. The molecule has 1 radical (unpaired) electrons. The van der Waals surface area contributed by atoms with E-state index in [1.807, 2.05) is 58.0 Å². The van der Waals surface area contributed by atoms with Crippen molar-refractivity contribution in [2.45, 2.75) is 40.5 Å². The molecule has 0 aliphatic carbocycles. The van der Waals surface area contributed by atoms with Crippen LogP contribution < -0.4 is 0 Å². The number of hydrogen-bond donors (Lipinski definition) is 0. The Morgan fingerprint density at radius 2 is 1.67 bits per heavy atom. The van der Waals surface area contributed by atoms with Crippen LogP contribution in [-0.2, 0) is 42.3 Å². The standard InChI is InChI=1S/C7H11O2.C6H5.C2H6.Y/c1-7(2,3-5-8)4-6-9;1-2-4-6-5-3-1;1-2;/h5H,3-4H2,1-2H3;1-5H;1-2H3;/q2*-1;;. The minimum atomic E-state index is -0.191. The van der Waals surface area contributed by atoms with Gasteiger partial charge in [-0.25, -0.2) is 0 Å². The zero-order chi connectivity index (χ0) is 13.6. The van der Waals surface area contributed by atoms with Crippen molar-refractivity contribution in [3.8, 4) is 0 Å². The molecule has 1 aromatic rings. The monoisotopic (exact) mass is 323 g/mol. The van der Waals surface area contributed by atoms with Crippen LogP contribution in [0.3, 0.4) is 0 Å². The summed E-state index contributed by atoms with van der Waals surface area (Å²) < 4.78 is 0. The van der Waals surface area contributed by atoms with Gasteiger partial charge in [-0.2, -0.15) is 36.4 Å². The van der Waals surface area contributed by atoms with Gasteiger partial charge in [0.1, 0.15) is 6.29 Å². The normalized spacial score (nSPS) is 8.44. The number of benzene rings is 1.